The summed E-state index contributed by atoms with van der Waals surface area (Å²) in [5.74, 6) is -0.521. The number of allylic oxidation sites excluding steroid dienone is 3. The quantitative estimate of drug-likeness (QED) is 0.124. The summed E-state index contributed by atoms with van der Waals surface area (Å²) in [6.45, 7) is 7.44. The molecule has 2 heterocycles. The van der Waals surface area contributed by atoms with Gasteiger partial charge in [-0.2, -0.15) is 0 Å². The van der Waals surface area contributed by atoms with Gasteiger partial charge in [0, 0.05) is 36.1 Å². The zero-order valence-electron chi connectivity index (χ0n) is 25.5. The second-order valence-electron chi connectivity index (χ2n) is 12.4. The lowest BCUT2D eigenvalue weighted by Crippen LogP contribution is -2.51. The zero-order chi connectivity index (χ0) is 30.8. The highest BCUT2D eigenvalue weighted by molar-refractivity contribution is 6.32. The molecule has 5 atom stereocenters. The molecule has 0 unspecified atom stereocenters. The monoisotopic (exact) mass is 591 g/mol. The number of aliphatic hydroxyl groups excluding tert-OH is 1. The summed E-state index contributed by atoms with van der Waals surface area (Å²) < 4.78 is 12.0. The fourth-order valence-electron chi connectivity index (χ4n) is 7.16. The number of hydrogen-bond donors (Lipinski definition) is 4. The summed E-state index contributed by atoms with van der Waals surface area (Å²) in [6, 6.07) is 6.74. The number of rotatable bonds is 12. The minimum atomic E-state index is -2.06. The molecule has 0 spiro atoms. The van der Waals surface area contributed by atoms with Crippen LogP contribution < -0.4 is 16.4 Å². The Morgan fingerprint density at radius 2 is 1.93 bits per heavy atom. The van der Waals surface area contributed by atoms with E-state index in [1.165, 1.54) is 0 Å². The van der Waals surface area contributed by atoms with E-state index in [-0.39, 0.29) is 42.7 Å². The van der Waals surface area contributed by atoms with Crippen molar-refractivity contribution >= 4 is 17.5 Å². The molecular weight excluding hydrogens is 546 g/mol. The molecule has 0 bridgehead atoms. The van der Waals surface area contributed by atoms with Gasteiger partial charge in [-0.25, -0.2) is 4.79 Å². The second kappa shape index (κ2) is 12.8. The predicted octanol–water partition coefficient (Wildman–Crippen LogP) is 3.73. The number of nitrogens with two attached hydrogens (primary N) is 1. The third kappa shape index (κ3) is 5.70. The van der Waals surface area contributed by atoms with Gasteiger partial charge in [0.2, 0.25) is 5.78 Å². The normalized spacial score (nSPS) is 30.3. The minimum Gasteiger partial charge on any atom is -0.463 e. The van der Waals surface area contributed by atoms with E-state index in [9.17, 15) is 19.5 Å². The highest BCUT2D eigenvalue weighted by Crippen LogP contribution is 2.59. The van der Waals surface area contributed by atoms with Crippen LogP contribution in [-0.2, 0) is 14.3 Å². The first kappa shape index (κ1) is 31.2. The van der Waals surface area contributed by atoms with E-state index in [2.05, 4.69) is 30.6 Å². The topological polar surface area (TPSA) is 143 Å². The Hall–Kier alpha value is -3.27. The Kier molecular flexibility index (Phi) is 9.25. The van der Waals surface area contributed by atoms with Crippen LogP contribution >= 0.6 is 0 Å². The van der Waals surface area contributed by atoms with Gasteiger partial charge < -0.3 is 30.9 Å². The number of carbonyl (C=O) groups is 3. The van der Waals surface area contributed by atoms with Crippen molar-refractivity contribution in [2.24, 2.45) is 17.6 Å². The number of ether oxygens (including phenoxy) is 2. The number of hydrogen-bond acceptors (Lipinski definition) is 9. The fraction of sp³-hybridized carbons (Fsp3) is 0.559. The van der Waals surface area contributed by atoms with Crippen LogP contribution in [0.1, 0.15) is 86.4 Å². The Balaban J connectivity index is 1.41. The van der Waals surface area contributed by atoms with Crippen molar-refractivity contribution in [2.75, 3.05) is 26.3 Å². The predicted molar refractivity (Wildman–Crippen MR) is 163 cm³/mol. The van der Waals surface area contributed by atoms with Crippen LogP contribution in [0, 0.1) is 11.8 Å². The van der Waals surface area contributed by atoms with E-state index >= 15 is 0 Å². The summed E-state index contributed by atoms with van der Waals surface area (Å²) in [4.78, 5) is 42.0. The van der Waals surface area contributed by atoms with Gasteiger partial charge in [0.15, 0.2) is 11.4 Å². The molecule has 43 heavy (non-hydrogen) atoms. The number of aliphatic hydroxyl groups is 1. The molecule has 0 amide bonds. The standard InChI is InChI=1S/C34H45N3O6/c1-4-22-12-13-28(36-5-2)24(16-22)20-42-32(41)34-31(40)27-9-7-6-8-26(27)30(39)33(34,43-34)18-25(19-38)21(3)10-11-23-14-15-37-29(35)17-23/h6-9,14,17,22,24,28,36-38H,4-5,10-13,15-16,18-20,35H2,1-3H3/b25-21-/t22-,24+,28-,33+,34+/m1/s1. The van der Waals surface area contributed by atoms with Crippen molar-refractivity contribution in [1.29, 1.82) is 0 Å². The molecule has 2 aliphatic heterocycles. The highest BCUT2D eigenvalue weighted by atomic mass is 16.7. The number of epoxide rings is 1. The summed E-state index contributed by atoms with van der Waals surface area (Å²) in [6.07, 6.45) is 9.32. The molecule has 4 aliphatic rings. The summed E-state index contributed by atoms with van der Waals surface area (Å²) in [7, 11) is 0. The van der Waals surface area contributed by atoms with Gasteiger partial charge in [0.05, 0.1) is 19.0 Å². The van der Waals surface area contributed by atoms with Gasteiger partial charge >= 0.3 is 5.97 Å². The van der Waals surface area contributed by atoms with Crippen molar-refractivity contribution in [1.82, 2.24) is 10.6 Å². The van der Waals surface area contributed by atoms with Crippen molar-refractivity contribution in [2.45, 2.75) is 83.0 Å². The second-order valence-corrected chi connectivity index (χ2v) is 12.4. The van der Waals surface area contributed by atoms with Gasteiger partial charge in [0.25, 0.3) is 5.60 Å². The molecule has 5 rings (SSSR count). The van der Waals surface area contributed by atoms with Gasteiger partial charge in [0.1, 0.15) is 0 Å². The number of nitrogens with one attached hydrogen (secondary N) is 2. The van der Waals surface area contributed by atoms with Crippen molar-refractivity contribution in [3.8, 4) is 0 Å². The van der Waals surface area contributed by atoms with Gasteiger partial charge in [-0.15, -0.1) is 0 Å². The molecular formula is C34H45N3O6. The van der Waals surface area contributed by atoms with Crippen molar-refractivity contribution in [3.63, 3.8) is 0 Å². The van der Waals surface area contributed by atoms with Crippen LogP contribution in [0.4, 0.5) is 0 Å². The van der Waals surface area contributed by atoms with E-state index in [4.69, 9.17) is 15.2 Å². The molecule has 1 saturated carbocycles. The minimum absolute atomic E-state index is 0.0662. The molecule has 5 N–H and O–H groups in total. The maximum Gasteiger partial charge on any atom is 0.350 e. The van der Waals surface area contributed by atoms with Gasteiger partial charge in [-0.3, -0.25) is 9.59 Å². The first-order valence-corrected chi connectivity index (χ1v) is 15.7. The molecule has 9 nitrogen and oxygen atoms in total. The third-order valence-electron chi connectivity index (χ3n) is 9.86. The fourth-order valence-corrected chi connectivity index (χ4v) is 7.16. The molecule has 0 aromatic heterocycles. The number of fused-ring (bicyclic) bond motifs is 2. The average molecular weight is 592 g/mol. The summed E-state index contributed by atoms with van der Waals surface area (Å²) in [5, 5.41) is 17.0. The van der Waals surface area contributed by atoms with Crippen molar-refractivity contribution in [3.05, 3.63) is 70.1 Å². The first-order chi connectivity index (χ1) is 20.7. The van der Waals surface area contributed by atoms with E-state index in [1.807, 2.05) is 13.0 Å². The zero-order valence-corrected chi connectivity index (χ0v) is 25.5. The largest absolute Gasteiger partial charge is 0.463 e. The highest BCUT2D eigenvalue weighted by Gasteiger charge is 2.85. The first-order valence-electron chi connectivity index (χ1n) is 15.7. The smallest absolute Gasteiger partial charge is 0.350 e. The number of benzene rings is 1. The maximum absolute atomic E-state index is 14.0. The van der Waals surface area contributed by atoms with Crippen LogP contribution in [0.5, 0.6) is 0 Å². The molecule has 2 fully saturated rings. The van der Waals surface area contributed by atoms with E-state index in [0.29, 0.717) is 36.7 Å². The van der Waals surface area contributed by atoms with E-state index in [0.717, 1.165) is 43.4 Å². The molecule has 232 valence electrons. The molecule has 1 saturated heterocycles. The summed E-state index contributed by atoms with van der Waals surface area (Å²) >= 11 is 0. The Morgan fingerprint density at radius 1 is 1.19 bits per heavy atom. The molecule has 0 radical (unpaired) electrons. The average Bonchev–Trinajstić information content (AvgIpc) is 3.72. The SMILES string of the molecule is CCN[C@@H]1CC[C@@H](CC)C[C@H]1COC(=O)[C@]12O[C@@]1(C/C(CO)=C(\C)CCC1=CCNC(N)=C1)C(=O)c1ccccc1C2=O. The van der Waals surface area contributed by atoms with Gasteiger partial charge in [-0.1, -0.05) is 56.2 Å². The lowest BCUT2D eigenvalue weighted by Gasteiger charge is -2.36. The van der Waals surface area contributed by atoms with Crippen LogP contribution in [0.15, 0.2) is 59.0 Å². The number of ketones is 2. The van der Waals surface area contributed by atoms with E-state index in [1.54, 1.807) is 24.3 Å². The molecule has 1 aromatic rings. The Morgan fingerprint density at radius 3 is 2.60 bits per heavy atom. The van der Waals surface area contributed by atoms with Gasteiger partial charge in [-0.05, 0) is 68.7 Å². The third-order valence-corrected chi connectivity index (χ3v) is 9.86. The van der Waals surface area contributed by atoms with Crippen molar-refractivity contribution < 1.29 is 29.0 Å². The van der Waals surface area contributed by atoms with Crippen LogP contribution in [0.25, 0.3) is 0 Å². The number of esters is 1. The number of Topliss-reactive ketones (excluding diaryl/α,β-unsaturated/α-hetero) is 2. The lowest BCUT2D eigenvalue weighted by atomic mass is 9.71. The molecule has 1 aromatic carbocycles. The lowest BCUT2D eigenvalue weighted by molar-refractivity contribution is -0.150. The summed E-state index contributed by atoms with van der Waals surface area (Å²) in [5.41, 5.74) is 5.04. The number of carbonyl (C=O) groups excluding carboxylic acids is 3. The van der Waals surface area contributed by atoms with Crippen LogP contribution in [0.2, 0.25) is 0 Å². The van der Waals surface area contributed by atoms with Crippen LogP contribution in [-0.4, -0.2) is 66.2 Å². The molecule has 9 heteroatoms. The molecule has 2 aliphatic carbocycles. The Labute approximate surface area is 254 Å². The maximum atomic E-state index is 14.0. The van der Waals surface area contributed by atoms with E-state index < -0.39 is 28.7 Å². The number of dihydropyridines is 1. The van der Waals surface area contributed by atoms with Crippen LogP contribution in [0.3, 0.4) is 0 Å². The Bertz CT molecular complexity index is 1370.